The van der Waals surface area contributed by atoms with Crippen molar-refractivity contribution in [2.75, 3.05) is 13.1 Å². The van der Waals surface area contributed by atoms with Crippen LogP contribution < -0.4 is 5.56 Å². The molecule has 2 rings (SSSR count). The molecular formula is C10H13N3O3. The van der Waals surface area contributed by atoms with Crippen LogP contribution in [0.5, 0.6) is 0 Å². The van der Waals surface area contributed by atoms with E-state index in [1.54, 1.807) is 13.8 Å². The summed E-state index contributed by atoms with van der Waals surface area (Å²) in [6, 6.07) is 0. The molecule has 0 atom stereocenters. The lowest BCUT2D eigenvalue weighted by Gasteiger charge is -2.35. The summed E-state index contributed by atoms with van der Waals surface area (Å²) in [6.07, 6.45) is -0.466. The van der Waals surface area contributed by atoms with E-state index in [0.717, 1.165) is 0 Å². The number of nitrogens with one attached hydrogen (secondary N) is 1. The molecule has 0 bridgehead atoms. The Balaban J connectivity index is 2.37. The van der Waals surface area contributed by atoms with E-state index in [1.165, 1.54) is 4.90 Å². The van der Waals surface area contributed by atoms with E-state index in [9.17, 15) is 9.59 Å². The first-order valence-electron chi connectivity index (χ1n) is 5.04. The molecule has 2 heterocycles. The fourth-order valence-corrected chi connectivity index (χ4v) is 1.66. The van der Waals surface area contributed by atoms with Crippen molar-refractivity contribution in [3.05, 3.63) is 27.2 Å². The highest BCUT2D eigenvalue weighted by atomic mass is 16.3. The molecule has 0 saturated carbocycles. The number of hydrogen-bond acceptors (Lipinski definition) is 4. The first-order chi connectivity index (χ1) is 7.50. The quantitative estimate of drug-likeness (QED) is 0.652. The van der Waals surface area contributed by atoms with Gasteiger partial charge in [-0.3, -0.25) is 9.59 Å². The van der Waals surface area contributed by atoms with Gasteiger partial charge in [-0.15, -0.1) is 0 Å². The normalized spacial score (nSPS) is 16.1. The molecule has 6 heteroatoms. The van der Waals surface area contributed by atoms with Crippen LogP contribution in [0, 0.1) is 13.8 Å². The summed E-state index contributed by atoms with van der Waals surface area (Å²) in [5.41, 5.74) is 0.869. The lowest BCUT2D eigenvalue weighted by molar-refractivity contribution is 0.00569. The number of amides is 1. The Morgan fingerprint density at radius 1 is 1.50 bits per heavy atom. The highest BCUT2D eigenvalue weighted by Gasteiger charge is 2.31. The predicted octanol–water partition coefficient (Wildman–Crippen LogP) is -0.797. The van der Waals surface area contributed by atoms with Gasteiger partial charge in [0.1, 0.15) is 5.56 Å². The average molecular weight is 223 g/mol. The molecule has 1 aliphatic rings. The Kier molecular flexibility index (Phi) is 2.51. The summed E-state index contributed by atoms with van der Waals surface area (Å²) in [6.45, 7) is 4.01. The van der Waals surface area contributed by atoms with Crippen molar-refractivity contribution in [2.24, 2.45) is 0 Å². The summed E-state index contributed by atoms with van der Waals surface area (Å²) in [4.78, 5) is 24.9. The van der Waals surface area contributed by atoms with E-state index in [1.807, 2.05) is 0 Å². The van der Waals surface area contributed by atoms with Gasteiger partial charge in [0.05, 0.1) is 11.8 Å². The van der Waals surface area contributed by atoms with E-state index in [4.69, 9.17) is 5.11 Å². The SMILES string of the molecule is Cc1n[nH]c(=O)c(C(=O)N2CC(O)C2)c1C. The summed E-state index contributed by atoms with van der Waals surface area (Å²) < 4.78 is 0. The number of aromatic amines is 1. The second kappa shape index (κ2) is 3.71. The zero-order chi connectivity index (χ0) is 11.9. The minimum atomic E-state index is -0.477. The third-order valence-electron chi connectivity index (χ3n) is 2.83. The fraction of sp³-hybridized carbons (Fsp3) is 0.500. The number of nitrogens with zero attached hydrogens (tertiary/aromatic N) is 2. The van der Waals surface area contributed by atoms with E-state index in [2.05, 4.69) is 10.2 Å². The second-order valence-corrected chi connectivity index (χ2v) is 4.00. The molecule has 1 aromatic heterocycles. The van der Waals surface area contributed by atoms with Gasteiger partial charge in [-0.25, -0.2) is 5.10 Å². The molecule has 86 valence electrons. The highest BCUT2D eigenvalue weighted by Crippen LogP contribution is 2.14. The number of carbonyl (C=O) groups excluding carboxylic acids is 1. The largest absolute Gasteiger partial charge is 0.389 e. The van der Waals surface area contributed by atoms with Crippen molar-refractivity contribution >= 4 is 5.91 Å². The summed E-state index contributed by atoms with van der Waals surface area (Å²) in [7, 11) is 0. The number of aromatic nitrogens is 2. The molecule has 0 unspecified atom stereocenters. The lowest BCUT2D eigenvalue weighted by Crippen LogP contribution is -2.54. The van der Waals surface area contributed by atoms with Crippen molar-refractivity contribution in [3.63, 3.8) is 0 Å². The van der Waals surface area contributed by atoms with E-state index >= 15 is 0 Å². The van der Waals surface area contributed by atoms with Crippen LogP contribution in [-0.2, 0) is 0 Å². The van der Waals surface area contributed by atoms with Crippen molar-refractivity contribution in [1.82, 2.24) is 15.1 Å². The number of aliphatic hydroxyl groups excluding tert-OH is 1. The van der Waals surface area contributed by atoms with Gasteiger partial charge in [-0.1, -0.05) is 0 Å². The van der Waals surface area contributed by atoms with Crippen LogP contribution in [0.1, 0.15) is 21.6 Å². The zero-order valence-corrected chi connectivity index (χ0v) is 9.15. The molecule has 0 radical (unpaired) electrons. The summed E-state index contributed by atoms with van der Waals surface area (Å²) in [5.74, 6) is -0.338. The Morgan fingerprint density at radius 3 is 2.69 bits per heavy atom. The van der Waals surface area contributed by atoms with Crippen molar-refractivity contribution in [1.29, 1.82) is 0 Å². The van der Waals surface area contributed by atoms with Crippen LogP contribution in [0.15, 0.2) is 4.79 Å². The maximum Gasteiger partial charge on any atom is 0.277 e. The van der Waals surface area contributed by atoms with Crippen LogP contribution in [0.25, 0.3) is 0 Å². The molecule has 1 amide bonds. The lowest BCUT2D eigenvalue weighted by atomic mass is 10.1. The van der Waals surface area contributed by atoms with E-state index in [-0.39, 0.29) is 11.5 Å². The molecule has 1 fully saturated rings. The first kappa shape index (κ1) is 10.8. The van der Waals surface area contributed by atoms with Crippen molar-refractivity contribution in [3.8, 4) is 0 Å². The topological polar surface area (TPSA) is 86.3 Å². The molecular weight excluding hydrogens is 210 g/mol. The minimum absolute atomic E-state index is 0.124. The minimum Gasteiger partial charge on any atom is -0.389 e. The van der Waals surface area contributed by atoms with Crippen LogP contribution in [0.3, 0.4) is 0 Å². The van der Waals surface area contributed by atoms with Gasteiger partial charge in [-0.05, 0) is 19.4 Å². The third kappa shape index (κ3) is 1.61. The Morgan fingerprint density at radius 2 is 2.12 bits per heavy atom. The van der Waals surface area contributed by atoms with Crippen molar-refractivity contribution in [2.45, 2.75) is 20.0 Å². The van der Waals surface area contributed by atoms with Crippen molar-refractivity contribution < 1.29 is 9.90 Å². The molecule has 0 aromatic carbocycles. The van der Waals surface area contributed by atoms with Gasteiger partial charge in [0, 0.05) is 13.1 Å². The van der Waals surface area contributed by atoms with Crippen LogP contribution in [0.2, 0.25) is 0 Å². The fourth-order valence-electron chi connectivity index (χ4n) is 1.66. The molecule has 0 spiro atoms. The number of likely N-dealkylation sites (tertiary alicyclic amines) is 1. The van der Waals surface area contributed by atoms with Crippen LogP contribution in [0.4, 0.5) is 0 Å². The molecule has 1 aliphatic heterocycles. The third-order valence-corrected chi connectivity index (χ3v) is 2.83. The van der Waals surface area contributed by atoms with Gasteiger partial charge < -0.3 is 10.0 Å². The molecule has 1 saturated heterocycles. The molecule has 6 nitrogen and oxygen atoms in total. The highest BCUT2D eigenvalue weighted by molar-refractivity contribution is 5.95. The summed E-state index contributed by atoms with van der Waals surface area (Å²) in [5, 5.41) is 15.2. The standard InChI is InChI=1S/C10H13N3O3/c1-5-6(2)11-12-9(15)8(5)10(16)13-3-7(14)4-13/h7,14H,3-4H2,1-2H3,(H,12,15). The number of carbonyl (C=O) groups is 1. The van der Waals surface area contributed by atoms with Gasteiger partial charge >= 0.3 is 0 Å². The zero-order valence-electron chi connectivity index (χ0n) is 9.15. The van der Waals surface area contributed by atoms with Gasteiger partial charge in [0.25, 0.3) is 11.5 Å². The Hall–Kier alpha value is -1.69. The number of aliphatic hydroxyl groups is 1. The second-order valence-electron chi connectivity index (χ2n) is 4.00. The molecule has 2 N–H and O–H groups in total. The summed E-state index contributed by atoms with van der Waals surface area (Å²) >= 11 is 0. The molecule has 16 heavy (non-hydrogen) atoms. The van der Waals surface area contributed by atoms with Gasteiger partial charge in [0.2, 0.25) is 0 Å². The Labute approximate surface area is 91.9 Å². The van der Waals surface area contributed by atoms with Crippen LogP contribution in [-0.4, -0.2) is 45.3 Å². The van der Waals surface area contributed by atoms with Gasteiger partial charge in [0.15, 0.2) is 0 Å². The first-order valence-corrected chi connectivity index (χ1v) is 5.04. The Bertz CT molecular complexity index is 489. The number of H-pyrrole nitrogens is 1. The van der Waals surface area contributed by atoms with Gasteiger partial charge in [-0.2, -0.15) is 5.10 Å². The monoisotopic (exact) mass is 223 g/mol. The maximum absolute atomic E-state index is 11.9. The molecule has 1 aromatic rings. The number of rotatable bonds is 1. The number of hydrogen-bond donors (Lipinski definition) is 2. The molecule has 0 aliphatic carbocycles. The van der Waals surface area contributed by atoms with E-state index in [0.29, 0.717) is 24.3 Å². The smallest absolute Gasteiger partial charge is 0.277 e. The maximum atomic E-state index is 11.9. The number of aryl methyl sites for hydroxylation is 1. The predicted molar refractivity (Wildman–Crippen MR) is 56.2 cm³/mol. The van der Waals surface area contributed by atoms with E-state index < -0.39 is 11.7 Å². The average Bonchev–Trinajstić information content (AvgIpc) is 2.19. The van der Waals surface area contributed by atoms with Crippen LogP contribution >= 0.6 is 0 Å². The number of β-amino-alcohol motifs (C(OH)–C–C–N with tert-alkyl or cyclic N) is 1.